The van der Waals surface area contributed by atoms with Gasteiger partial charge in [0.05, 0.1) is 11.2 Å². The third kappa shape index (κ3) is 2.94. The lowest BCUT2D eigenvalue weighted by Gasteiger charge is -2.20. The molecule has 3 N–H and O–H groups in total. The highest BCUT2D eigenvalue weighted by molar-refractivity contribution is 5.98. The molecule has 2 unspecified atom stereocenters. The molecule has 3 nitrogen and oxygen atoms in total. The molecule has 4 heteroatoms. The first-order valence-corrected chi connectivity index (χ1v) is 7.74. The van der Waals surface area contributed by atoms with Crippen molar-refractivity contribution < 1.29 is 4.39 Å². The summed E-state index contributed by atoms with van der Waals surface area (Å²) in [5.74, 6) is 0.457. The Labute approximate surface area is 124 Å². The van der Waals surface area contributed by atoms with Gasteiger partial charge in [0.15, 0.2) is 5.82 Å². The average molecular weight is 287 g/mol. The van der Waals surface area contributed by atoms with Crippen LogP contribution in [0.25, 0.3) is 10.9 Å². The van der Waals surface area contributed by atoms with Crippen molar-refractivity contribution in [1.82, 2.24) is 4.98 Å². The van der Waals surface area contributed by atoms with Crippen LogP contribution in [0.5, 0.6) is 0 Å². The fourth-order valence-corrected chi connectivity index (χ4v) is 3.21. The Balaban J connectivity index is 1.93. The molecule has 1 saturated carbocycles. The first-order valence-electron chi connectivity index (χ1n) is 7.74. The molecular formula is C17H22FN3. The zero-order chi connectivity index (χ0) is 14.8. The van der Waals surface area contributed by atoms with Gasteiger partial charge in [0, 0.05) is 23.3 Å². The van der Waals surface area contributed by atoms with Crippen LogP contribution in [0.2, 0.25) is 0 Å². The Kier molecular flexibility index (Phi) is 3.95. The van der Waals surface area contributed by atoms with Crippen LogP contribution >= 0.6 is 0 Å². The van der Waals surface area contributed by atoms with Crippen LogP contribution in [0.4, 0.5) is 15.8 Å². The highest BCUT2D eigenvalue weighted by Crippen LogP contribution is 2.32. The lowest BCUT2D eigenvalue weighted by atomic mass is 10.0. The predicted octanol–water partition coefficient (Wildman–Crippen LogP) is 4.34. The maximum Gasteiger partial charge on any atom is 0.150 e. The number of hydrogen-bond donors (Lipinski definition) is 2. The molecular weight excluding hydrogens is 265 g/mol. The molecule has 0 aliphatic heterocycles. The normalized spacial score (nSPS) is 23.0. The maximum atomic E-state index is 14.3. The van der Waals surface area contributed by atoms with E-state index in [0.717, 1.165) is 24.1 Å². The van der Waals surface area contributed by atoms with Gasteiger partial charge in [0.1, 0.15) is 0 Å². The van der Waals surface area contributed by atoms with E-state index in [-0.39, 0.29) is 5.82 Å². The summed E-state index contributed by atoms with van der Waals surface area (Å²) in [6.07, 6.45) is 7.51. The smallest absolute Gasteiger partial charge is 0.150 e. The molecule has 0 spiro atoms. The third-order valence-corrected chi connectivity index (χ3v) is 4.48. The van der Waals surface area contributed by atoms with Crippen LogP contribution in [0.3, 0.4) is 0 Å². The average Bonchev–Trinajstić information content (AvgIpc) is 2.68. The second-order valence-corrected chi connectivity index (χ2v) is 6.18. The second-order valence-electron chi connectivity index (χ2n) is 6.18. The number of rotatable bonds is 2. The van der Waals surface area contributed by atoms with Crippen molar-refractivity contribution in [3.63, 3.8) is 0 Å². The molecule has 0 bridgehead atoms. The van der Waals surface area contributed by atoms with E-state index in [0.29, 0.717) is 22.9 Å². The zero-order valence-electron chi connectivity index (χ0n) is 12.4. The highest BCUT2D eigenvalue weighted by Gasteiger charge is 2.19. The first kappa shape index (κ1) is 14.1. The number of halogens is 1. The van der Waals surface area contributed by atoms with Crippen LogP contribution in [0, 0.1) is 11.7 Å². The minimum atomic E-state index is -0.309. The number of pyridine rings is 1. The first-order chi connectivity index (χ1) is 10.1. The molecule has 2 aromatic rings. The number of nitrogens with zero attached hydrogens (tertiary/aromatic N) is 1. The molecule has 0 saturated heterocycles. The molecule has 0 amide bonds. The van der Waals surface area contributed by atoms with Crippen molar-refractivity contribution in [2.45, 2.75) is 45.1 Å². The van der Waals surface area contributed by atoms with Gasteiger partial charge in [-0.15, -0.1) is 0 Å². The van der Waals surface area contributed by atoms with Crippen LogP contribution in [-0.4, -0.2) is 11.0 Å². The van der Waals surface area contributed by atoms with Gasteiger partial charge >= 0.3 is 0 Å². The van der Waals surface area contributed by atoms with Crippen molar-refractivity contribution in [3.8, 4) is 0 Å². The fraction of sp³-hybridized carbons (Fsp3) is 0.471. The molecule has 112 valence electrons. The largest absolute Gasteiger partial charge is 0.398 e. The lowest BCUT2D eigenvalue weighted by molar-refractivity contribution is 0.501. The van der Waals surface area contributed by atoms with Crippen molar-refractivity contribution >= 4 is 22.3 Å². The number of benzene rings is 1. The summed E-state index contributed by atoms with van der Waals surface area (Å²) in [4.78, 5) is 4.32. The Hall–Kier alpha value is -1.84. The van der Waals surface area contributed by atoms with Crippen molar-refractivity contribution in [3.05, 3.63) is 30.2 Å². The van der Waals surface area contributed by atoms with E-state index in [1.165, 1.54) is 25.3 Å². The lowest BCUT2D eigenvalue weighted by Crippen LogP contribution is -2.19. The number of nitrogen functional groups attached to an aromatic ring is 1. The Morgan fingerprint density at radius 1 is 1.29 bits per heavy atom. The summed E-state index contributed by atoms with van der Waals surface area (Å²) < 4.78 is 14.3. The van der Waals surface area contributed by atoms with Gasteiger partial charge in [-0.1, -0.05) is 19.8 Å². The summed E-state index contributed by atoms with van der Waals surface area (Å²) in [5.41, 5.74) is 7.47. The van der Waals surface area contributed by atoms with Gasteiger partial charge < -0.3 is 11.1 Å². The number of fused-ring (bicyclic) bond motifs is 1. The summed E-state index contributed by atoms with van der Waals surface area (Å²) in [6, 6.07) is 5.43. The molecule has 2 atom stereocenters. The molecule has 1 aromatic carbocycles. The molecule has 1 heterocycles. The van der Waals surface area contributed by atoms with Crippen LogP contribution < -0.4 is 11.1 Å². The van der Waals surface area contributed by atoms with E-state index in [2.05, 4.69) is 17.2 Å². The highest BCUT2D eigenvalue weighted by atomic mass is 19.1. The topological polar surface area (TPSA) is 50.9 Å². The Morgan fingerprint density at radius 2 is 2.14 bits per heavy atom. The van der Waals surface area contributed by atoms with Crippen molar-refractivity contribution in [2.24, 2.45) is 5.92 Å². The van der Waals surface area contributed by atoms with Gasteiger partial charge in [-0.05, 0) is 43.4 Å². The number of aromatic nitrogens is 1. The van der Waals surface area contributed by atoms with E-state index >= 15 is 0 Å². The van der Waals surface area contributed by atoms with Crippen molar-refractivity contribution in [2.75, 3.05) is 11.1 Å². The quantitative estimate of drug-likeness (QED) is 0.638. The summed E-state index contributed by atoms with van der Waals surface area (Å²) in [7, 11) is 0. The predicted molar refractivity (Wildman–Crippen MR) is 85.8 cm³/mol. The summed E-state index contributed by atoms with van der Waals surface area (Å²) in [5, 5.41) is 4.20. The molecule has 3 rings (SSSR count). The number of nitrogens with two attached hydrogens (primary N) is 1. The molecule has 1 fully saturated rings. The monoisotopic (exact) mass is 287 g/mol. The number of anilines is 2. The maximum absolute atomic E-state index is 14.3. The third-order valence-electron chi connectivity index (χ3n) is 4.48. The number of hydrogen-bond acceptors (Lipinski definition) is 3. The minimum Gasteiger partial charge on any atom is -0.398 e. The molecule has 0 radical (unpaired) electrons. The van der Waals surface area contributed by atoms with Crippen LogP contribution in [0.15, 0.2) is 24.4 Å². The molecule has 1 aliphatic rings. The van der Waals surface area contributed by atoms with E-state index < -0.39 is 0 Å². The van der Waals surface area contributed by atoms with Gasteiger partial charge in [0.25, 0.3) is 0 Å². The van der Waals surface area contributed by atoms with Crippen LogP contribution in [-0.2, 0) is 0 Å². The number of nitrogens with one attached hydrogen (secondary N) is 1. The Bertz CT molecular complexity index is 641. The van der Waals surface area contributed by atoms with E-state index in [4.69, 9.17) is 5.73 Å². The SMILES string of the molecule is CC1CCCC(Nc2c(F)cc(N)c3cccnc23)CC1. The fourth-order valence-electron chi connectivity index (χ4n) is 3.21. The van der Waals surface area contributed by atoms with Gasteiger partial charge in [0.2, 0.25) is 0 Å². The molecule has 1 aromatic heterocycles. The summed E-state index contributed by atoms with van der Waals surface area (Å²) >= 11 is 0. The molecule has 21 heavy (non-hydrogen) atoms. The van der Waals surface area contributed by atoms with Crippen LogP contribution in [0.1, 0.15) is 39.0 Å². The van der Waals surface area contributed by atoms with E-state index in [1.807, 2.05) is 12.1 Å². The zero-order valence-corrected chi connectivity index (χ0v) is 12.4. The van der Waals surface area contributed by atoms with E-state index in [9.17, 15) is 4.39 Å². The van der Waals surface area contributed by atoms with Gasteiger partial charge in [-0.2, -0.15) is 0 Å². The standard InChI is InChI=1S/C17H22FN3/c1-11-4-2-5-12(8-7-11)21-17-14(18)10-15(19)13-6-3-9-20-16(13)17/h3,6,9-12,21H,2,4-5,7-8,19H2,1H3. The second kappa shape index (κ2) is 5.88. The Morgan fingerprint density at radius 3 is 3.00 bits per heavy atom. The van der Waals surface area contributed by atoms with Gasteiger partial charge in [-0.25, -0.2) is 4.39 Å². The van der Waals surface area contributed by atoms with Gasteiger partial charge in [-0.3, -0.25) is 4.98 Å². The minimum absolute atomic E-state index is 0.309. The molecule has 1 aliphatic carbocycles. The van der Waals surface area contributed by atoms with E-state index in [1.54, 1.807) is 6.20 Å². The van der Waals surface area contributed by atoms with Crippen molar-refractivity contribution in [1.29, 1.82) is 0 Å². The summed E-state index contributed by atoms with van der Waals surface area (Å²) in [6.45, 7) is 2.29.